The standard InChI is InChI=1S/C20H24N2O4/c1-24-18-9-8-16(14-19(18)25-2)21-10-12-22(13-11-21)20(23)15-26-17-6-4-3-5-7-17/h3-9,14H,10-13,15H2,1-2H3. The molecule has 6 nitrogen and oxygen atoms in total. The van der Waals surface area contributed by atoms with Gasteiger partial charge in [-0.15, -0.1) is 0 Å². The van der Waals surface area contributed by atoms with Crippen molar-refractivity contribution in [3.63, 3.8) is 0 Å². The lowest BCUT2D eigenvalue weighted by Crippen LogP contribution is -2.50. The van der Waals surface area contributed by atoms with Gasteiger partial charge in [-0.05, 0) is 24.3 Å². The summed E-state index contributed by atoms with van der Waals surface area (Å²) < 4.78 is 16.2. The number of ether oxygens (including phenoxy) is 3. The van der Waals surface area contributed by atoms with Crippen LogP contribution in [-0.2, 0) is 4.79 Å². The Morgan fingerprint density at radius 3 is 2.27 bits per heavy atom. The maximum atomic E-state index is 12.3. The average molecular weight is 356 g/mol. The third-order valence-electron chi connectivity index (χ3n) is 4.47. The molecule has 0 spiro atoms. The minimum absolute atomic E-state index is 0.0146. The zero-order chi connectivity index (χ0) is 18.4. The summed E-state index contributed by atoms with van der Waals surface area (Å²) in [5.41, 5.74) is 1.07. The highest BCUT2D eigenvalue weighted by Gasteiger charge is 2.22. The minimum atomic E-state index is 0.0146. The molecule has 26 heavy (non-hydrogen) atoms. The van der Waals surface area contributed by atoms with Crippen molar-refractivity contribution in [3.05, 3.63) is 48.5 Å². The number of amides is 1. The van der Waals surface area contributed by atoms with Crippen molar-refractivity contribution in [1.29, 1.82) is 0 Å². The van der Waals surface area contributed by atoms with Gasteiger partial charge in [0.05, 0.1) is 14.2 Å². The Hall–Kier alpha value is -2.89. The van der Waals surface area contributed by atoms with Crippen LogP contribution in [0, 0.1) is 0 Å². The average Bonchev–Trinajstić information content (AvgIpc) is 2.72. The van der Waals surface area contributed by atoms with Crippen LogP contribution in [0.5, 0.6) is 17.2 Å². The number of para-hydroxylation sites is 1. The minimum Gasteiger partial charge on any atom is -0.493 e. The predicted molar refractivity (Wildman–Crippen MR) is 100 cm³/mol. The first-order valence-corrected chi connectivity index (χ1v) is 8.64. The fourth-order valence-electron chi connectivity index (χ4n) is 2.99. The van der Waals surface area contributed by atoms with Crippen molar-refractivity contribution in [2.75, 3.05) is 51.9 Å². The third kappa shape index (κ3) is 4.20. The van der Waals surface area contributed by atoms with Gasteiger partial charge in [0.15, 0.2) is 18.1 Å². The summed E-state index contributed by atoms with van der Waals surface area (Å²) in [4.78, 5) is 16.4. The molecule has 1 heterocycles. The Labute approximate surface area is 153 Å². The van der Waals surface area contributed by atoms with Crippen LogP contribution in [0.15, 0.2) is 48.5 Å². The first-order chi connectivity index (χ1) is 12.7. The monoisotopic (exact) mass is 356 g/mol. The van der Waals surface area contributed by atoms with Crippen LogP contribution in [0.1, 0.15) is 0 Å². The van der Waals surface area contributed by atoms with Crippen LogP contribution in [0.3, 0.4) is 0 Å². The van der Waals surface area contributed by atoms with Crippen molar-refractivity contribution >= 4 is 11.6 Å². The highest BCUT2D eigenvalue weighted by Crippen LogP contribution is 2.31. The fourth-order valence-corrected chi connectivity index (χ4v) is 2.99. The first kappa shape index (κ1) is 17.9. The molecule has 1 saturated heterocycles. The number of rotatable bonds is 6. The number of piperazine rings is 1. The van der Waals surface area contributed by atoms with Crippen LogP contribution in [-0.4, -0.2) is 57.8 Å². The molecular weight excluding hydrogens is 332 g/mol. The molecular formula is C20H24N2O4. The number of hydrogen-bond acceptors (Lipinski definition) is 5. The maximum absolute atomic E-state index is 12.3. The Kier molecular flexibility index (Phi) is 5.84. The normalized spacial score (nSPS) is 14.1. The fraction of sp³-hybridized carbons (Fsp3) is 0.350. The molecule has 3 rings (SSSR count). The Bertz CT molecular complexity index is 728. The zero-order valence-electron chi connectivity index (χ0n) is 15.2. The molecule has 0 N–H and O–H groups in total. The first-order valence-electron chi connectivity index (χ1n) is 8.64. The smallest absolute Gasteiger partial charge is 0.260 e. The molecule has 6 heteroatoms. The van der Waals surface area contributed by atoms with E-state index in [0.717, 1.165) is 18.8 Å². The van der Waals surface area contributed by atoms with Crippen LogP contribution >= 0.6 is 0 Å². The number of hydrogen-bond donors (Lipinski definition) is 0. The van der Waals surface area contributed by atoms with E-state index in [-0.39, 0.29) is 12.5 Å². The summed E-state index contributed by atoms with van der Waals surface area (Å²) in [6.07, 6.45) is 0. The third-order valence-corrected chi connectivity index (χ3v) is 4.47. The van der Waals surface area contributed by atoms with Gasteiger partial charge in [-0.2, -0.15) is 0 Å². The molecule has 138 valence electrons. The molecule has 0 radical (unpaired) electrons. The lowest BCUT2D eigenvalue weighted by molar-refractivity contribution is -0.133. The molecule has 1 aliphatic heterocycles. The van der Waals surface area contributed by atoms with Gasteiger partial charge >= 0.3 is 0 Å². The highest BCUT2D eigenvalue weighted by molar-refractivity contribution is 5.78. The number of benzene rings is 2. The summed E-state index contributed by atoms with van der Waals surface area (Å²) in [5.74, 6) is 2.15. The predicted octanol–water partition coefficient (Wildman–Crippen LogP) is 2.43. The largest absolute Gasteiger partial charge is 0.493 e. The lowest BCUT2D eigenvalue weighted by Gasteiger charge is -2.36. The molecule has 0 saturated carbocycles. The van der Waals surface area contributed by atoms with Gasteiger partial charge in [0, 0.05) is 37.9 Å². The Morgan fingerprint density at radius 2 is 1.62 bits per heavy atom. The molecule has 0 unspecified atom stereocenters. The number of anilines is 1. The van der Waals surface area contributed by atoms with Crippen LogP contribution in [0.4, 0.5) is 5.69 Å². The molecule has 1 amide bonds. The van der Waals surface area contributed by atoms with Crippen molar-refractivity contribution in [1.82, 2.24) is 4.90 Å². The van der Waals surface area contributed by atoms with Crippen molar-refractivity contribution < 1.29 is 19.0 Å². The molecule has 2 aromatic carbocycles. The van der Waals surface area contributed by atoms with Crippen molar-refractivity contribution in [2.24, 2.45) is 0 Å². The van der Waals surface area contributed by atoms with Gasteiger partial charge < -0.3 is 24.0 Å². The highest BCUT2D eigenvalue weighted by atomic mass is 16.5. The van der Waals surface area contributed by atoms with E-state index in [1.54, 1.807) is 14.2 Å². The molecule has 0 aliphatic carbocycles. The number of methoxy groups -OCH3 is 2. The second-order valence-electron chi connectivity index (χ2n) is 6.01. The topological polar surface area (TPSA) is 51.2 Å². The van der Waals surface area contributed by atoms with E-state index in [2.05, 4.69) is 4.90 Å². The van der Waals surface area contributed by atoms with Crippen molar-refractivity contribution in [3.8, 4) is 17.2 Å². The molecule has 1 fully saturated rings. The van der Waals surface area contributed by atoms with E-state index >= 15 is 0 Å². The van der Waals surface area contributed by atoms with Gasteiger partial charge in [0.25, 0.3) is 5.91 Å². The van der Waals surface area contributed by atoms with E-state index in [0.29, 0.717) is 30.3 Å². The zero-order valence-corrected chi connectivity index (χ0v) is 15.2. The van der Waals surface area contributed by atoms with Crippen LogP contribution in [0.2, 0.25) is 0 Å². The summed E-state index contributed by atoms with van der Waals surface area (Å²) in [6.45, 7) is 2.95. The Balaban J connectivity index is 1.53. The van der Waals surface area contributed by atoms with Gasteiger partial charge in [-0.3, -0.25) is 4.79 Å². The van der Waals surface area contributed by atoms with Gasteiger partial charge in [0.2, 0.25) is 0 Å². The van der Waals surface area contributed by atoms with Crippen LogP contribution in [0.25, 0.3) is 0 Å². The molecule has 0 bridgehead atoms. The van der Waals surface area contributed by atoms with E-state index in [9.17, 15) is 4.79 Å². The summed E-state index contributed by atoms with van der Waals surface area (Å²) in [5, 5.41) is 0. The summed E-state index contributed by atoms with van der Waals surface area (Å²) in [6, 6.07) is 15.3. The molecule has 0 atom stereocenters. The van der Waals surface area contributed by atoms with Gasteiger partial charge in [-0.1, -0.05) is 18.2 Å². The molecule has 1 aliphatic rings. The van der Waals surface area contributed by atoms with Gasteiger partial charge in [-0.25, -0.2) is 0 Å². The lowest BCUT2D eigenvalue weighted by atomic mass is 10.2. The SMILES string of the molecule is COc1ccc(N2CCN(C(=O)COc3ccccc3)CC2)cc1OC. The quantitative estimate of drug-likeness (QED) is 0.796. The van der Waals surface area contributed by atoms with Gasteiger partial charge in [0.1, 0.15) is 5.75 Å². The van der Waals surface area contributed by atoms with E-state index in [1.807, 2.05) is 53.4 Å². The number of carbonyl (C=O) groups excluding carboxylic acids is 1. The van der Waals surface area contributed by atoms with Crippen LogP contribution < -0.4 is 19.1 Å². The number of nitrogens with zero attached hydrogens (tertiary/aromatic N) is 2. The second kappa shape index (κ2) is 8.47. The van der Waals surface area contributed by atoms with E-state index < -0.39 is 0 Å². The number of carbonyl (C=O) groups is 1. The summed E-state index contributed by atoms with van der Waals surface area (Å²) >= 11 is 0. The molecule has 0 aromatic heterocycles. The van der Waals surface area contributed by atoms with E-state index in [1.165, 1.54) is 0 Å². The Morgan fingerprint density at radius 1 is 0.923 bits per heavy atom. The summed E-state index contributed by atoms with van der Waals surface area (Å²) in [7, 11) is 3.25. The van der Waals surface area contributed by atoms with Crippen molar-refractivity contribution in [2.45, 2.75) is 0 Å². The van der Waals surface area contributed by atoms with E-state index in [4.69, 9.17) is 14.2 Å². The molecule has 2 aromatic rings. The second-order valence-corrected chi connectivity index (χ2v) is 6.01. The maximum Gasteiger partial charge on any atom is 0.260 e.